The Kier molecular flexibility index (Phi) is 10.2. The topological polar surface area (TPSA) is 60.9 Å². The minimum Gasteiger partial charge on any atom is -0.508 e. The van der Waals surface area contributed by atoms with E-state index < -0.39 is 0 Å². The highest BCUT2D eigenvalue weighted by molar-refractivity contribution is 5.94. The Labute approximate surface area is 195 Å². The van der Waals surface area contributed by atoms with E-state index in [-0.39, 0.29) is 35.8 Å². The van der Waals surface area contributed by atoms with Gasteiger partial charge in [0.2, 0.25) is 0 Å². The number of amides is 2. The van der Waals surface area contributed by atoms with E-state index in [0.29, 0.717) is 5.56 Å². The molecule has 0 radical (unpaired) electrons. The number of phenolic OH excluding ortho intramolecular Hbond substituents is 1. The van der Waals surface area contributed by atoms with Crippen molar-refractivity contribution in [3.63, 3.8) is 0 Å². The number of rotatable bonds is 2. The first-order valence-corrected chi connectivity index (χ1v) is 10.4. The van der Waals surface area contributed by atoms with Gasteiger partial charge in [0.15, 0.2) is 0 Å². The van der Waals surface area contributed by atoms with Gasteiger partial charge in [-0.3, -0.25) is 9.59 Å². The van der Waals surface area contributed by atoms with Crippen LogP contribution in [-0.4, -0.2) is 54.9 Å². The molecule has 0 atom stereocenters. The van der Waals surface area contributed by atoms with Crippen LogP contribution >= 0.6 is 0 Å². The van der Waals surface area contributed by atoms with Gasteiger partial charge in [-0.25, -0.2) is 0 Å². The van der Waals surface area contributed by atoms with Gasteiger partial charge in [0.1, 0.15) is 5.75 Å². The van der Waals surface area contributed by atoms with E-state index in [4.69, 9.17) is 0 Å². The van der Waals surface area contributed by atoms with Gasteiger partial charge in [-0.2, -0.15) is 0 Å². The summed E-state index contributed by atoms with van der Waals surface area (Å²) in [5.41, 5.74) is 3.37. The van der Waals surface area contributed by atoms with Gasteiger partial charge in [0.25, 0.3) is 11.8 Å². The van der Waals surface area contributed by atoms with Crippen molar-refractivity contribution in [2.45, 2.75) is 59.8 Å². The fraction of sp³-hybridized carbons (Fsp3) is 0.481. The molecule has 178 valence electrons. The summed E-state index contributed by atoms with van der Waals surface area (Å²) in [6.45, 7) is 12.6. The average Bonchev–Trinajstić information content (AvgIpc) is 2.65. The summed E-state index contributed by atoms with van der Waals surface area (Å²) >= 11 is 0. The molecule has 0 heterocycles. The van der Waals surface area contributed by atoms with E-state index in [1.165, 1.54) is 16.5 Å². The molecule has 2 aromatic rings. The fourth-order valence-electron chi connectivity index (χ4n) is 2.93. The second-order valence-corrected chi connectivity index (χ2v) is 10.2. The molecule has 5 heteroatoms. The van der Waals surface area contributed by atoms with E-state index in [0.717, 1.165) is 11.1 Å². The van der Waals surface area contributed by atoms with Gasteiger partial charge >= 0.3 is 0 Å². The molecule has 2 rings (SSSR count). The second kappa shape index (κ2) is 11.2. The van der Waals surface area contributed by atoms with Crippen molar-refractivity contribution in [2.24, 2.45) is 0 Å². The highest BCUT2D eigenvalue weighted by Gasteiger charge is 2.19. The zero-order valence-electron chi connectivity index (χ0n) is 20.7. The lowest BCUT2D eigenvalue weighted by molar-refractivity contribution is 0.0820. The van der Waals surface area contributed by atoms with Crippen LogP contribution < -0.4 is 0 Å². The van der Waals surface area contributed by atoms with Crippen LogP contribution in [0.3, 0.4) is 0 Å². The minimum atomic E-state index is -0.121. The van der Waals surface area contributed by atoms with Crippen molar-refractivity contribution in [2.75, 3.05) is 28.2 Å². The number of aromatic hydroxyl groups is 1. The highest BCUT2D eigenvalue weighted by Crippen LogP contribution is 2.31. The number of hydrogen-bond acceptors (Lipinski definition) is 3. The Morgan fingerprint density at radius 2 is 1.09 bits per heavy atom. The smallest absolute Gasteiger partial charge is 0.253 e. The van der Waals surface area contributed by atoms with E-state index in [9.17, 15) is 14.7 Å². The lowest BCUT2D eigenvalue weighted by atomic mass is 9.86. The molecular formula is C27H42N2O3. The number of carbonyl (C=O) groups excluding carboxylic acids is 2. The summed E-state index contributed by atoms with van der Waals surface area (Å²) in [5.74, 6) is 0.131. The van der Waals surface area contributed by atoms with E-state index in [1.807, 2.05) is 51.1 Å². The third kappa shape index (κ3) is 8.03. The van der Waals surface area contributed by atoms with Gasteiger partial charge < -0.3 is 14.9 Å². The van der Waals surface area contributed by atoms with Gasteiger partial charge in [-0.15, -0.1) is 0 Å². The van der Waals surface area contributed by atoms with Crippen molar-refractivity contribution in [3.8, 4) is 5.75 Å². The first-order valence-electron chi connectivity index (χ1n) is 10.4. The number of hydrogen-bond donors (Lipinski definition) is 1. The molecule has 0 aromatic heterocycles. The van der Waals surface area contributed by atoms with Crippen molar-refractivity contribution >= 4 is 11.8 Å². The summed E-state index contributed by atoms with van der Waals surface area (Å²) in [5, 5.41) is 9.89. The predicted molar refractivity (Wildman–Crippen MR) is 135 cm³/mol. The second-order valence-electron chi connectivity index (χ2n) is 10.2. The molecule has 2 amide bonds. The molecule has 0 aliphatic rings. The van der Waals surface area contributed by atoms with Crippen molar-refractivity contribution in [1.82, 2.24) is 9.80 Å². The molecular weight excluding hydrogens is 400 g/mol. The van der Waals surface area contributed by atoms with Crippen LogP contribution in [-0.2, 0) is 10.8 Å². The molecule has 0 saturated carbocycles. The lowest BCUT2D eigenvalue weighted by Gasteiger charge is -2.21. The van der Waals surface area contributed by atoms with Crippen LogP contribution in [0, 0.1) is 0 Å². The normalized spacial score (nSPS) is 10.9. The van der Waals surface area contributed by atoms with Crippen LogP contribution in [0.25, 0.3) is 0 Å². The molecule has 32 heavy (non-hydrogen) atoms. The standard InChI is InChI=1S/C13H19NO2.C13H19NO.CH4/c1-13(2,3)10-7-6-9(8-11(10)15)12(16)14(4)5;1-13(2,3)11-8-6-10(7-9-11)12(15)14(4)5;/h6-8,15H,1-5H3;6-9H,1-5H3;1H4. The monoisotopic (exact) mass is 442 g/mol. The summed E-state index contributed by atoms with van der Waals surface area (Å²) in [6, 6.07) is 12.9. The molecule has 2 aromatic carbocycles. The summed E-state index contributed by atoms with van der Waals surface area (Å²) in [4.78, 5) is 26.4. The Morgan fingerprint density at radius 3 is 1.44 bits per heavy atom. The third-order valence-electron chi connectivity index (χ3n) is 4.86. The predicted octanol–water partition coefficient (Wildman–Crippen LogP) is 5.71. The zero-order chi connectivity index (χ0) is 24.1. The van der Waals surface area contributed by atoms with Crippen molar-refractivity contribution in [3.05, 3.63) is 64.7 Å². The molecule has 0 aliphatic carbocycles. The summed E-state index contributed by atoms with van der Waals surface area (Å²) in [7, 11) is 6.91. The van der Waals surface area contributed by atoms with Gasteiger partial charge in [-0.05, 0) is 46.2 Å². The Morgan fingerprint density at radius 1 is 0.688 bits per heavy atom. The van der Waals surface area contributed by atoms with Crippen LogP contribution in [0.4, 0.5) is 0 Å². The Hall–Kier alpha value is -2.82. The molecule has 1 N–H and O–H groups in total. The van der Waals surface area contributed by atoms with E-state index in [2.05, 4.69) is 20.8 Å². The van der Waals surface area contributed by atoms with Crippen LogP contribution in [0.1, 0.15) is 80.8 Å². The first kappa shape index (κ1) is 29.2. The maximum absolute atomic E-state index is 11.7. The Bertz CT molecular complexity index is 900. The number of benzene rings is 2. The van der Waals surface area contributed by atoms with E-state index >= 15 is 0 Å². The summed E-state index contributed by atoms with van der Waals surface area (Å²) < 4.78 is 0. The molecule has 0 fully saturated rings. The maximum Gasteiger partial charge on any atom is 0.253 e. The fourth-order valence-corrected chi connectivity index (χ4v) is 2.93. The van der Waals surface area contributed by atoms with Gasteiger partial charge in [0.05, 0.1) is 0 Å². The minimum absolute atomic E-state index is 0. The highest BCUT2D eigenvalue weighted by atomic mass is 16.3. The number of carbonyl (C=O) groups is 2. The molecule has 0 unspecified atom stereocenters. The summed E-state index contributed by atoms with van der Waals surface area (Å²) in [6.07, 6.45) is 0. The molecule has 0 spiro atoms. The van der Waals surface area contributed by atoms with Crippen LogP contribution in [0.15, 0.2) is 42.5 Å². The molecule has 5 nitrogen and oxygen atoms in total. The van der Waals surface area contributed by atoms with Crippen LogP contribution in [0.2, 0.25) is 0 Å². The van der Waals surface area contributed by atoms with Crippen molar-refractivity contribution in [1.29, 1.82) is 0 Å². The first-order chi connectivity index (χ1) is 14.1. The van der Waals surface area contributed by atoms with E-state index in [1.54, 1.807) is 39.2 Å². The quantitative estimate of drug-likeness (QED) is 0.648. The third-order valence-corrected chi connectivity index (χ3v) is 4.86. The number of nitrogens with zero attached hydrogens (tertiary/aromatic N) is 2. The lowest BCUT2D eigenvalue weighted by Crippen LogP contribution is -2.22. The van der Waals surface area contributed by atoms with Gasteiger partial charge in [-0.1, -0.05) is 67.2 Å². The average molecular weight is 443 g/mol. The SMILES string of the molecule is C.CN(C)C(=O)c1ccc(C(C)(C)C)c(O)c1.CN(C)C(=O)c1ccc(C(C)(C)C)cc1. The van der Waals surface area contributed by atoms with Crippen LogP contribution in [0.5, 0.6) is 5.75 Å². The van der Waals surface area contributed by atoms with Gasteiger partial charge in [0, 0.05) is 39.3 Å². The maximum atomic E-state index is 11.7. The molecule has 0 saturated heterocycles. The zero-order valence-corrected chi connectivity index (χ0v) is 20.7. The largest absolute Gasteiger partial charge is 0.508 e. The van der Waals surface area contributed by atoms with Crippen molar-refractivity contribution < 1.29 is 14.7 Å². The molecule has 0 bridgehead atoms. The molecule has 0 aliphatic heterocycles. The Balaban J connectivity index is 0.000000584. The number of phenols is 1.